The van der Waals surface area contributed by atoms with Crippen molar-refractivity contribution in [1.82, 2.24) is 10.3 Å². The SMILES string of the molecule is O=C(O)CC(Oc1ccccc1NC(=O)c1cccc(NC2=CCCCN2)c1)c1cccnc1. The van der Waals surface area contributed by atoms with E-state index in [1.54, 1.807) is 60.9 Å². The van der Waals surface area contributed by atoms with E-state index < -0.39 is 12.1 Å². The number of carboxylic acids is 1. The van der Waals surface area contributed by atoms with Crippen LogP contribution < -0.4 is 20.7 Å². The zero-order chi connectivity index (χ0) is 23.8. The smallest absolute Gasteiger partial charge is 0.307 e. The van der Waals surface area contributed by atoms with Crippen LogP contribution in [0, 0.1) is 0 Å². The number of benzene rings is 2. The fraction of sp³-hybridized carbons (Fsp3) is 0.192. The number of anilines is 2. The molecule has 0 fully saturated rings. The Morgan fingerprint density at radius 2 is 2.00 bits per heavy atom. The highest BCUT2D eigenvalue weighted by molar-refractivity contribution is 6.05. The third-order valence-corrected chi connectivity index (χ3v) is 5.27. The molecule has 4 rings (SSSR count). The van der Waals surface area contributed by atoms with E-state index in [9.17, 15) is 14.7 Å². The summed E-state index contributed by atoms with van der Waals surface area (Å²) in [5, 5.41) is 18.8. The van der Waals surface area contributed by atoms with E-state index in [1.165, 1.54) is 0 Å². The standard InChI is InChI=1S/C26H26N4O4/c31-25(32)16-23(19-8-6-13-27-17-19)34-22-11-2-1-10-21(22)30-26(33)18-7-5-9-20(15-18)29-24-12-3-4-14-28-24/h1-2,5-13,15,17,23,28-29H,3-4,14,16H2,(H,30,33)(H,31,32). The molecule has 0 radical (unpaired) electrons. The highest BCUT2D eigenvalue weighted by Gasteiger charge is 2.20. The molecule has 1 atom stereocenters. The highest BCUT2D eigenvalue weighted by atomic mass is 16.5. The number of carbonyl (C=O) groups is 2. The lowest BCUT2D eigenvalue weighted by Gasteiger charge is -2.20. The maximum atomic E-state index is 13.0. The average molecular weight is 459 g/mol. The van der Waals surface area contributed by atoms with E-state index in [2.05, 4.69) is 27.0 Å². The van der Waals surface area contributed by atoms with Gasteiger partial charge >= 0.3 is 5.97 Å². The number of nitrogens with one attached hydrogen (secondary N) is 3. The normalized spacial score (nSPS) is 13.7. The molecule has 34 heavy (non-hydrogen) atoms. The Labute approximate surface area is 197 Å². The van der Waals surface area contributed by atoms with Crippen molar-refractivity contribution in [3.05, 3.63) is 96.1 Å². The fourth-order valence-electron chi connectivity index (χ4n) is 3.61. The number of ether oxygens (including phenoxy) is 1. The molecule has 0 saturated heterocycles. The first-order valence-corrected chi connectivity index (χ1v) is 11.1. The van der Waals surface area contributed by atoms with Crippen LogP contribution in [0.25, 0.3) is 0 Å². The Balaban J connectivity index is 1.50. The molecule has 1 unspecified atom stereocenters. The quantitative estimate of drug-likeness (QED) is 0.372. The maximum absolute atomic E-state index is 13.0. The summed E-state index contributed by atoms with van der Waals surface area (Å²) in [6.07, 6.45) is 6.39. The Bertz CT molecular complexity index is 1180. The molecular formula is C26H26N4O4. The third-order valence-electron chi connectivity index (χ3n) is 5.27. The van der Waals surface area contributed by atoms with Gasteiger partial charge in [-0.15, -0.1) is 0 Å². The van der Waals surface area contributed by atoms with Crippen LogP contribution in [0.2, 0.25) is 0 Å². The van der Waals surface area contributed by atoms with Crippen LogP contribution >= 0.6 is 0 Å². The molecule has 1 aromatic heterocycles. The number of aliphatic carboxylic acids is 1. The van der Waals surface area contributed by atoms with Crippen molar-refractivity contribution in [2.45, 2.75) is 25.4 Å². The largest absolute Gasteiger partial charge is 0.483 e. The Hall–Kier alpha value is -4.33. The van der Waals surface area contributed by atoms with Gasteiger partial charge in [-0.25, -0.2) is 0 Å². The zero-order valence-electron chi connectivity index (χ0n) is 18.5. The van der Waals surface area contributed by atoms with Crippen molar-refractivity contribution < 1.29 is 19.4 Å². The second kappa shape index (κ2) is 11.0. The molecule has 8 nitrogen and oxygen atoms in total. The second-order valence-electron chi connectivity index (χ2n) is 7.83. The van der Waals surface area contributed by atoms with Crippen molar-refractivity contribution in [3.8, 4) is 5.75 Å². The molecule has 2 aromatic carbocycles. The molecule has 0 aliphatic carbocycles. The van der Waals surface area contributed by atoms with E-state index in [0.29, 0.717) is 22.6 Å². The number of pyridine rings is 1. The predicted molar refractivity (Wildman–Crippen MR) is 130 cm³/mol. The number of hydrogen-bond donors (Lipinski definition) is 4. The molecule has 174 valence electrons. The van der Waals surface area contributed by atoms with Crippen LogP contribution in [-0.2, 0) is 4.79 Å². The van der Waals surface area contributed by atoms with Crippen molar-refractivity contribution in [2.24, 2.45) is 0 Å². The van der Waals surface area contributed by atoms with E-state index in [4.69, 9.17) is 4.74 Å². The molecule has 1 aliphatic rings. The topological polar surface area (TPSA) is 113 Å². The highest BCUT2D eigenvalue weighted by Crippen LogP contribution is 2.31. The number of para-hydroxylation sites is 2. The van der Waals surface area contributed by atoms with Gasteiger partial charge in [-0.05, 0) is 55.3 Å². The van der Waals surface area contributed by atoms with E-state index in [-0.39, 0.29) is 12.3 Å². The monoisotopic (exact) mass is 458 g/mol. The summed E-state index contributed by atoms with van der Waals surface area (Å²) >= 11 is 0. The lowest BCUT2D eigenvalue weighted by molar-refractivity contribution is -0.138. The van der Waals surface area contributed by atoms with Crippen LogP contribution in [0.3, 0.4) is 0 Å². The fourth-order valence-corrected chi connectivity index (χ4v) is 3.61. The molecule has 0 bridgehead atoms. The number of aromatic nitrogens is 1. The number of carbonyl (C=O) groups excluding carboxylic acids is 1. The number of amides is 1. The van der Waals surface area contributed by atoms with Gasteiger partial charge in [-0.2, -0.15) is 0 Å². The van der Waals surface area contributed by atoms with Crippen molar-refractivity contribution in [1.29, 1.82) is 0 Å². The van der Waals surface area contributed by atoms with Crippen LogP contribution in [0.15, 0.2) is 85.0 Å². The molecule has 0 spiro atoms. The number of allylic oxidation sites excluding steroid dienone is 1. The van der Waals surface area contributed by atoms with Gasteiger partial charge in [-0.3, -0.25) is 14.6 Å². The summed E-state index contributed by atoms with van der Waals surface area (Å²) in [5.41, 5.74) is 2.36. The Morgan fingerprint density at radius 1 is 1.12 bits per heavy atom. The minimum Gasteiger partial charge on any atom is -0.483 e. The Morgan fingerprint density at radius 3 is 2.76 bits per heavy atom. The maximum Gasteiger partial charge on any atom is 0.307 e. The number of hydrogen-bond acceptors (Lipinski definition) is 6. The summed E-state index contributed by atoms with van der Waals surface area (Å²) < 4.78 is 6.04. The third kappa shape index (κ3) is 6.13. The summed E-state index contributed by atoms with van der Waals surface area (Å²) in [6.45, 7) is 0.914. The number of carboxylic acid groups (broad SMARTS) is 1. The van der Waals surface area contributed by atoms with Crippen LogP contribution in [-0.4, -0.2) is 28.5 Å². The predicted octanol–water partition coefficient (Wildman–Crippen LogP) is 4.57. The molecular weight excluding hydrogens is 432 g/mol. The van der Waals surface area contributed by atoms with Gasteiger partial charge in [0.05, 0.1) is 17.9 Å². The minimum atomic E-state index is -0.998. The van der Waals surface area contributed by atoms with Gasteiger partial charge in [0.25, 0.3) is 5.91 Å². The van der Waals surface area contributed by atoms with Crippen molar-refractivity contribution in [3.63, 3.8) is 0 Å². The average Bonchev–Trinajstić information content (AvgIpc) is 2.86. The van der Waals surface area contributed by atoms with Gasteiger partial charge < -0.3 is 25.8 Å². The van der Waals surface area contributed by atoms with Gasteiger partial charge in [0, 0.05) is 35.8 Å². The number of nitrogens with zero attached hydrogens (tertiary/aromatic N) is 1. The van der Waals surface area contributed by atoms with E-state index in [1.807, 2.05) is 12.1 Å². The molecule has 3 aromatic rings. The first-order chi connectivity index (χ1) is 16.6. The van der Waals surface area contributed by atoms with Gasteiger partial charge in [0.2, 0.25) is 0 Å². The summed E-state index contributed by atoms with van der Waals surface area (Å²) in [7, 11) is 0. The summed E-state index contributed by atoms with van der Waals surface area (Å²) in [6, 6.07) is 17.7. The van der Waals surface area contributed by atoms with Crippen LogP contribution in [0.1, 0.15) is 41.3 Å². The van der Waals surface area contributed by atoms with Crippen molar-refractivity contribution >= 4 is 23.3 Å². The first kappa shape index (κ1) is 22.8. The molecule has 4 N–H and O–H groups in total. The molecule has 8 heteroatoms. The molecule has 2 heterocycles. The zero-order valence-corrected chi connectivity index (χ0v) is 18.5. The minimum absolute atomic E-state index is 0.244. The molecule has 0 saturated carbocycles. The van der Waals surface area contributed by atoms with E-state index >= 15 is 0 Å². The number of rotatable bonds is 9. The Kier molecular flexibility index (Phi) is 7.39. The van der Waals surface area contributed by atoms with Gasteiger partial charge in [0.15, 0.2) is 0 Å². The molecule has 1 amide bonds. The van der Waals surface area contributed by atoms with Crippen LogP contribution in [0.5, 0.6) is 5.75 Å². The summed E-state index contributed by atoms with van der Waals surface area (Å²) in [4.78, 5) is 28.5. The van der Waals surface area contributed by atoms with Gasteiger partial charge in [0.1, 0.15) is 11.9 Å². The lowest BCUT2D eigenvalue weighted by Crippen LogP contribution is -2.24. The first-order valence-electron chi connectivity index (χ1n) is 11.1. The molecule has 1 aliphatic heterocycles. The lowest BCUT2D eigenvalue weighted by atomic mass is 10.1. The summed E-state index contributed by atoms with van der Waals surface area (Å²) in [5.74, 6) is 0.00271. The second-order valence-corrected chi connectivity index (χ2v) is 7.83. The van der Waals surface area contributed by atoms with Gasteiger partial charge in [-0.1, -0.05) is 24.3 Å². The van der Waals surface area contributed by atoms with Crippen molar-refractivity contribution in [2.75, 3.05) is 17.2 Å². The van der Waals surface area contributed by atoms with Crippen LogP contribution in [0.4, 0.5) is 11.4 Å². The van der Waals surface area contributed by atoms with E-state index in [0.717, 1.165) is 30.9 Å².